The lowest BCUT2D eigenvalue weighted by molar-refractivity contribution is 0.0872. The normalized spacial score (nSPS) is 29.2. The molecule has 4 heteroatoms. The van der Waals surface area contributed by atoms with Gasteiger partial charge in [-0.05, 0) is 12.1 Å². The second kappa shape index (κ2) is 1.12. The highest BCUT2D eigenvalue weighted by atomic mass is 16.7. The van der Waals surface area contributed by atoms with Gasteiger partial charge in [-0.1, -0.05) is 0 Å². The van der Waals surface area contributed by atoms with Crippen LogP contribution in [0.2, 0.25) is 0 Å². The van der Waals surface area contributed by atoms with Crippen molar-refractivity contribution in [1.82, 2.24) is 5.43 Å². The smallest absolute Gasteiger partial charge is 0.212 e. The Hall–Kier alpha value is -0.800. The van der Waals surface area contributed by atoms with Crippen molar-refractivity contribution >= 4 is 0 Å². The van der Waals surface area contributed by atoms with E-state index in [9.17, 15) is 0 Å². The van der Waals surface area contributed by atoms with E-state index in [-0.39, 0.29) is 6.23 Å². The second-order valence-electron chi connectivity index (χ2n) is 1.06. The first kappa shape index (κ1) is 3.39. The van der Waals surface area contributed by atoms with Gasteiger partial charge in [0.2, 0.25) is 6.23 Å². The molecule has 0 spiro atoms. The van der Waals surface area contributed by atoms with Gasteiger partial charge in [0.05, 0.1) is 0 Å². The maximum atomic E-state index is 4.50. The average molecular weight is 87.1 g/mol. The highest BCUT2D eigenvalue weighted by Crippen LogP contribution is 1.92. The minimum Gasteiger partial charge on any atom is -0.352 e. The van der Waals surface area contributed by atoms with Gasteiger partial charge >= 0.3 is 0 Å². The van der Waals surface area contributed by atoms with E-state index in [0.29, 0.717) is 0 Å². The molecule has 0 aromatic carbocycles. The summed E-state index contributed by atoms with van der Waals surface area (Å²) in [5.41, 5.74) is 2.56. The number of nitrogens with one attached hydrogen (secondary N) is 1. The summed E-state index contributed by atoms with van der Waals surface area (Å²) < 4.78 is 0. The molecule has 1 aliphatic heterocycles. The number of rotatable bonds is 0. The summed E-state index contributed by atoms with van der Waals surface area (Å²) in [5, 5.41) is 6.50. The molecule has 1 aliphatic rings. The van der Waals surface area contributed by atoms with Crippen molar-refractivity contribution in [2.75, 3.05) is 0 Å². The predicted molar refractivity (Wildman–Crippen MR) is 18.5 cm³/mol. The van der Waals surface area contributed by atoms with Crippen LogP contribution in [0.4, 0.5) is 0 Å². The molecule has 34 valence electrons. The highest BCUT2D eigenvalue weighted by molar-refractivity contribution is 4.37. The van der Waals surface area contributed by atoms with Gasteiger partial charge in [-0.25, -0.2) is 5.43 Å². The van der Waals surface area contributed by atoms with Gasteiger partial charge in [-0.15, -0.1) is 0 Å². The maximum absolute atomic E-state index is 4.50. The minimum atomic E-state index is -0.0370. The Morgan fingerprint density at radius 2 is 2.67 bits per heavy atom. The first-order valence-corrected chi connectivity index (χ1v) is 1.71. The van der Waals surface area contributed by atoms with E-state index >= 15 is 0 Å². The van der Waals surface area contributed by atoms with Crippen LogP contribution in [0.15, 0.2) is 10.5 Å². The molecule has 0 fully saturated rings. The zero-order valence-electron chi connectivity index (χ0n) is 3.38. The molecule has 0 amide bonds. The molecule has 6 heavy (non-hydrogen) atoms. The van der Waals surface area contributed by atoms with E-state index in [1.165, 1.54) is 0 Å². The van der Waals surface area contributed by atoms with Crippen LogP contribution in [-0.4, -0.2) is 6.23 Å². The fourth-order valence-electron chi connectivity index (χ4n) is 0.223. The van der Waals surface area contributed by atoms with Crippen LogP contribution in [0.3, 0.4) is 0 Å². The third-order valence-corrected chi connectivity index (χ3v) is 0.486. The first-order chi connectivity index (χ1) is 2.89. The second-order valence-corrected chi connectivity index (χ2v) is 1.06. The Balaban J connectivity index is 2.32. The molecule has 0 unspecified atom stereocenters. The fourth-order valence-corrected chi connectivity index (χ4v) is 0.223. The van der Waals surface area contributed by atoms with Crippen LogP contribution in [0, 0.1) is 0 Å². The predicted octanol–water partition coefficient (Wildman–Crippen LogP) is 0.234. The third-order valence-electron chi connectivity index (χ3n) is 0.486. The number of nitrogens with zero attached hydrogens (tertiary/aromatic N) is 2. The summed E-state index contributed by atoms with van der Waals surface area (Å²) in [7, 11) is 0. The molecule has 1 N–H and O–H groups in total. The van der Waals surface area contributed by atoms with Crippen molar-refractivity contribution in [1.29, 1.82) is 0 Å². The Labute approximate surface area is 35.1 Å². The standard InChI is InChI=1S/C2H5N3O/c1-2-3-4-5-6-2/h2H,1H3,(H,3,5)/t2-/m1/s1. The highest BCUT2D eigenvalue weighted by Gasteiger charge is 2.01. The third kappa shape index (κ3) is 0.403. The Bertz CT molecular complexity index is 63.2. The lowest BCUT2D eigenvalue weighted by atomic mass is 10.7. The lowest BCUT2D eigenvalue weighted by Crippen LogP contribution is -2.14. The molecular formula is C2H5N3O. The molecule has 0 aromatic heterocycles. The van der Waals surface area contributed by atoms with E-state index in [1.54, 1.807) is 0 Å². The summed E-state index contributed by atoms with van der Waals surface area (Å²) in [6.45, 7) is 1.82. The molecule has 0 saturated heterocycles. The van der Waals surface area contributed by atoms with Crippen molar-refractivity contribution in [2.24, 2.45) is 10.5 Å². The SMILES string of the molecule is C[C@@H]1NN=NO1. The molecule has 0 aliphatic carbocycles. The van der Waals surface area contributed by atoms with E-state index < -0.39 is 0 Å². The van der Waals surface area contributed by atoms with Gasteiger partial charge in [0.25, 0.3) is 0 Å². The molecule has 1 heterocycles. The van der Waals surface area contributed by atoms with Crippen molar-refractivity contribution in [3.05, 3.63) is 0 Å². The minimum absolute atomic E-state index is 0.0370. The summed E-state index contributed by atoms with van der Waals surface area (Å²) in [5.74, 6) is 0. The first-order valence-electron chi connectivity index (χ1n) is 1.71. The quantitative estimate of drug-likeness (QED) is 0.459. The summed E-state index contributed by atoms with van der Waals surface area (Å²) in [4.78, 5) is 4.50. The largest absolute Gasteiger partial charge is 0.352 e. The Kier molecular flexibility index (Phi) is 0.633. The van der Waals surface area contributed by atoms with Crippen LogP contribution in [0.1, 0.15) is 6.92 Å². The van der Waals surface area contributed by atoms with Crippen molar-refractivity contribution in [3.8, 4) is 0 Å². The van der Waals surface area contributed by atoms with Gasteiger partial charge in [-0.2, -0.15) is 0 Å². The molecule has 0 radical (unpaired) electrons. The molecule has 1 atom stereocenters. The molecule has 0 bridgehead atoms. The monoisotopic (exact) mass is 87.0 g/mol. The Morgan fingerprint density at radius 3 is 2.83 bits per heavy atom. The molecule has 0 aromatic rings. The van der Waals surface area contributed by atoms with Crippen LogP contribution in [0.25, 0.3) is 0 Å². The van der Waals surface area contributed by atoms with Crippen LogP contribution in [-0.2, 0) is 4.84 Å². The Morgan fingerprint density at radius 1 is 1.83 bits per heavy atom. The van der Waals surface area contributed by atoms with Crippen molar-refractivity contribution in [2.45, 2.75) is 13.2 Å². The molecule has 0 saturated carbocycles. The van der Waals surface area contributed by atoms with Crippen LogP contribution >= 0.6 is 0 Å². The number of hydrogen-bond acceptors (Lipinski definition) is 4. The molecule has 4 nitrogen and oxygen atoms in total. The van der Waals surface area contributed by atoms with Gasteiger partial charge in [0.15, 0.2) is 0 Å². The van der Waals surface area contributed by atoms with E-state index in [0.717, 1.165) is 0 Å². The van der Waals surface area contributed by atoms with E-state index in [4.69, 9.17) is 0 Å². The van der Waals surface area contributed by atoms with Crippen LogP contribution < -0.4 is 5.43 Å². The van der Waals surface area contributed by atoms with Gasteiger partial charge in [0.1, 0.15) is 0 Å². The van der Waals surface area contributed by atoms with Crippen molar-refractivity contribution < 1.29 is 4.84 Å². The summed E-state index contributed by atoms with van der Waals surface area (Å²) in [6.07, 6.45) is -0.0370. The van der Waals surface area contributed by atoms with E-state index in [2.05, 4.69) is 20.8 Å². The fraction of sp³-hybridized carbons (Fsp3) is 1.00. The van der Waals surface area contributed by atoms with E-state index in [1.807, 2.05) is 6.92 Å². The molecular weight excluding hydrogens is 82.0 g/mol. The van der Waals surface area contributed by atoms with Crippen molar-refractivity contribution in [3.63, 3.8) is 0 Å². The summed E-state index contributed by atoms with van der Waals surface area (Å²) in [6, 6.07) is 0. The lowest BCUT2D eigenvalue weighted by Gasteiger charge is -1.92. The van der Waals surface area contributed by atoms with Gasteiger partial charge < -0.3 is 4.84 Å². The molecule has 1 rings (SSSR count). The van der Waals surface area contributed by atoms with Gasteiger partial charge in [0, 0.05) is 5.28 Å². The van der Waals surface area contributed by atoms with Crippen LogP contribution in [0.5, 0.6) is 0 Å². The zero-order valence-corrected chi connectivity index (χ0v) is 3.38. The van der Waals surface area contributed by atoms with Gasteiger partial charge in [-0.3, -0.25) is 0 Å². The number of hydrogen-bond donors (Lipinski definition) is 1. The topological polar surface area (TPSA) is 46.0 Å². The average Bonchev–Trinajstić information content (AvgIpc) is 1.86. The zero-order chi connectivity index (χ0) is 4.41. The summed E-state index contributed by atoms with van der Waals surface area (Å²) >= 11 is 0. The maximum Gasteiger partial charge on any atom is 0.212 e.